The molecule has 1 N–H and O–H groups in total. The molecule has 0 bridgehead atoms. The summed E-state index contributed by atoms with van der Waals surface area (Å²) in [5.41, 5.74) is 0.180. The largest absolute Gasteiger partial charge is 0.386 e. The lowest BCUT2D eigenvalue weighted by Crippen LogP contribution is -2.22. The molecule has 14 heavy (non-hydrogen) atoms. The average Bonchev–Trinajstić information content (AvgIpc) is 2.62. The molecule has 0 amide bonds. The molecule has 0 aliphatic heterocycles. The van der Waals surface area contributed by atoms with Gasteiger partial charge in [-0.05, 0) is 37.9 Å². The highest BCUT2D eigenvalue weighted by molar-refractivity contribution is 7.05. The number of hydrogen-bond acceptors (Lipinski definition) is 4. The summed E-state index contributed by atoms with van der Waals surface area (Å²) in [6.45, 7) is 5.55. The van der Waals surface area contributed by atoms with Gasteiger partial charge in [-0.1, -0.05) is 6.92 Å². The number of aryl methyl sites for hydroxylation is 1. The Bertz CT molecular complexity index is 355. The lowest BCUT2D eigenvalue weighted by molar-refractivity contribution is 0.0754. The normalized spacial score (nSPS) is 17.1. The van der Waals surface area contributed by atoms with E-state index in [9.17, 15) is 5.11 Å². The molecule has 2 atom stereocenters. The van der Waals surface area contributed by atoms with Crippen LogP contribution in [0.25, 0.3) is 0 Å². The molecule has 1 heterocycles. The second-order valence-corrected chi connectivity index (χ2v) is 4.49. The van der Waals surface area contributed by atoms with Crippen molar-refractivity contribution in [1.82, 2.24) is 4.37 Å². The second kappa shape index (κ2) is 4.07. The van der Waals surface area contributed by atoms with E-state index in [1.165, 1.54) is 11.5 Å². The lowest BCUT2D eigenvalue weighted by Gasteiger charge is -2.24. The minimum absolute atomic E-state index is 0.627. The lowest BCUT2D eigenvalue weighted by atomic mass is 9.82. The molecule has 0 spiro atoms. The van der Waals surface area contributed by atoms with E-state index in [-0.39, 0.29) is 0 Å². The third-order valence-corrected chi connectivity index (χ3v) is 3.44. The first-order valence-corrected chi connectivity index (χ1v) is 5.33. The predicted octanol–water partition coefficient (Wildman–Crippen LogP) is 2.42. The Morgan fingerprint density at radius 3 is 2.79 bits per heavy atom. The molecule has 0 radical (unpaired) electrons. The summed E-state index contributed by atoms with van der Waals surface area (Å²) >= 11 is 1.26. The van der Waals surface area contributed by atoms with Crippen molar-refractivity contribution in [2.24, 2.45) is 5.41 Å². The highest BCUT2D eigenvalue weighted by Crippen LogP contribution is 2.37. The second-order valence-electron chi connectivity index (χ2n) is 3.66. The van der Waals surface area contributed by atoms with E-state index in [4.69, 9.17) is 5.26 Å². The van der Waals surface area contributed by atoms with Crippen LogP contribution in [0.15, 0.2) is 6.07 Å². The first-order chi connectivity index (χ1) is 6.53. The van der Waals surface area contributed by atoms with Crippen molar-refractivity contribution in [1.29, 1.82) is 5.26 Å². The van der Waals surface area contributed by atoms with E-state index in [2.05, 4.69) is 10.4 Å². The zero-order valence-corrected chi connectivity index (χ0v) is 9.43. The molecular formula is C10H14N2OS. The van der Waals surface area contributed by atoms with Gasteiger partial charge in [0, 0.05) is 0 Å². The van der Waals surface area contributed by atoms with Crippen LogP contribution in [-0.4, -0.2) is 9.48 Å². The molecule has 2 unspecified atom stereocenters. The van der Waals surface area contributed by atoms with Crippen molar-refractivity contribution in [3.63, 3.8) is 0 Å². The molecule has 0 saturated carbocycles. The number of hydrogen-bond donors (Lipinski definition) is 1. The minimum atomic E-state index is -0.733. The van der Waals surface area contributed by atoms with E-state index in [0.717, 1.165) is 10.6 Å². The molecule has 0 fully saturated rings. The van der Waals surface area contributed by atoms with E-state index < -0.39 is 11.5 Å². The number of aliphatic hydroxyl groups excluding tert-OH is 1. The molecule has 1 aromatic heterocycles. The maximum Gasteiger partial charge on any atom is 0.108 e. The van der Waals surface area contributed by atoms with Gasteiger partial charge in [0.05, 0.1) is 22.1 Å². The van der Waals surface area contributed by atoms with Crippen LogP contribution in [-0.2, 0) is 0 Å². The van der Waals surface area contributed by atoms with Gasteiger partial charge in [-0.2, -0.15) is 9.64 Å². The minimum Gasteiger partial charge on any atom is -0.386 e. The highest BCUT2D eigenvalue weighted by Gasteiger charge is 2.33. The smallest absolute Gasteiger partial charge is 0.108 e. The fourth-order valence-electron chi connectivity index (χ4n) is 1.16. The molecular weight excluding hydrogens is 196 g/mol. The van der Waals surface area contributed by atoms with Crippen LogP contribution in [0.4, 0.5) is 0 Å². The van der Waals surface area contributed by atoms with Gasteiger partial charge < -0.3 is 5.11 Å². The zero-order chi connectivity index (χ0) is 10.8. The number of nitrogens with zero attached hydrogens (tertiary/aromatic N) is 2. The fourth-order valence-corrected chi connectivity index (χ4v) is 2.04. The first kappa shape index (κ1) is 11.2. The van der Waals surface area contributed by atoms with Crippen LogP contribution >= 0.6 is 11.5 Å². The summed E-state index contributed by atoms with van der Waals surface area (Å²) < 4.78 is 4.09. The standard InChI is InChI=1S/C10H14N2OS/c1-4-10(3,6-11)9(13)8-5-7(2)12-14-8/h5,9,13H,4H2,1-3H3. The SMILES string of the molecule is CCC(C)(C#N)C(O)c1cc(C)ns1. The topological polar surface area (TPSA) is 56.9 Å². The fraction of sp³-hybridized carbons (Fsp3) is 0.600. The Labute approximate surface area is 88.2 Å². The molecule has 1 rings (SSSR count). The number of rotatable bonds is 3. The third kappa shape index (κ3) is 1.94. The van der Waals surface area contributed by atoms with Crippen LogP contribution in [0, 0.1) is 23.7 Å². The van der Waals surface area contributed by atoms with Gasteiger partial charge in [0.2, 0.25) is 0 Å². The Morgan fingerprint density at radius 1 is 1.79 bits per heavy atom. The maximum atomic E-state index is 10.0. The van der Waals surface area contributed by atoms with Crippen LogP contribution in [0.3, 0.4) is 0 Å². The molecule has 4 heteroatoms. The van der Waals surface area contributed by atoms with Gasteiger partial charge in [0.15, 0.2) is 0 Å². The number of aromatic nitrogens is 1. The Morgan fingerprint density at radius 2 is 2.43 bits per heavy atom. The van der Waals surface area contributed by atoms with Gasteiger partial charge >= 0.3 is 0 Å². The van der Waals surface area contributed by atoms with Gasteiger partial charge in [-0.3, -0.25) is 0 Å². The molecule has 1 aromatic rings. The average molecular weight is 210 g/mol. The van der Waals surface area contributed by atoms with E-state index in [1.54, 1.807) is 6.92 Å². The highest BCUT2D eigenvalue weighted by atomic mass is 32.1. The van der Waals surface area contributed by atoms with Crippen molar-refractivity contribution >= 4 is 11.5 Å². The van der Waals surface area contributed by atoms with Gasteiger partial charge in [0.25, 0.3) is 0 Å². The maximum absolute atomic E-state index is 10.0. The summed E-state index contributed by atoms with van der Waals surface area (Å²) in [7, 11) is 0. The molecule has 0 saturated heterocycles. The summed E-state index contributed by atoms with van der Waals surface area (Å²) in [5.74, 6) is 0. The van der Waals surface area contributed by atoms with E-state index in [1.807, 2.05) is 19.9 Å². The molecule has 3 nitrogen and oxygen atoms in total. The third-order valence-electron chi connectivity index (χ3n) is 2.51. The number of aliphatic hydroxyl groups is 1. The first-order valence-electron chi connectivity index (χ1n) is 4.56. The van der Waals surface area contributed by atoms with Crippen molar-refractivity contribution < 1.29 is 5.11 Å². The number of nitriles is 1. The van der Waals surface area contributed by atoms with Crippen molar-refractivity contribution in [2.45, 2.75) is 33.3 Å². The molecule has 0 aromatic carbocycles. The molecule has 0 aliphatic rings. The zero-order valence-electron chi connectivity index (χ0n) is 8.61. The van der Waals surface area contributed by atoms with Crippen molar-refractivity contribution in [3.8, 4) is 6.07 Å². The molecule has 76 valence electrons. The Kier molecular flexibility index (Phi) is 3.25. The summed E-state index contributed by atoms with van der Waals surface area (Å²) in [5, 5.41) is 19.0. The van der Waals surface area contributed by atoms with E-state index in [0.29, 0.717) is 6.42 Å². The predicted molar refractivity (Wildman–Crippen MR) is 55.8 cm³/mol. The Hall–Kier alpha value is -0.920. The molecule has 0 aliphatic carbocycles. The quantitative estimate of drug-likeness (QED) is 0.833. The van der Waals surface area contributed by atoms with Gasteiger partial charge in [-0.15, -0.1) is 0 Å². The van der Waals surface area contributed by atoms with Crippen molar-refractivity contribution in [3.05, 3.63) is 16.6 Å². The Balaban J connectivity index is 2.95. The van der Waals surface area contributed by atoms with E-state index >= 15 is 0 Å². The monoisotopic (exact) mass is 210 g/mol. The summed E-state index contributed by atoms with van der Waals surface area (Å²) in [6, 6.07) is 4.00. The van der Waals surface area contributed by atoms with Crippen LogP contribution < -0.4 is 0 Å². The van der Waals surface area contributed by atoms with Gasteiger partial charge in [-0.25, -0.2) is 0 Å². The van der Waals surface area contributed by atoms with Crippen LogP contribution in [0.1, 0.15) is 36.9 Å². The van der Waals surface area contributed by atoms with Crippen LogP contribution in [0.2, 0.25) is 0 Å². The van der Waals surface area contributed by atoms with Gasteiger partial charge in [0.1, 0.15) is 6.10 Å². The summed E-state index contributed by atoms with van der Waals surface area (Å²) in [6.07, 6.45) is -0.106. The summed E-state index contributed by atoms with van der Waals surface area (Å²) in [4.78, 5) is 0.772. The van der Waals surface area contributed by atoms with Crippen molar-refractivity contribution in [2.75, 3.05) is 0 Å². The van der Waals surface area contributed by atoms with Crippen LogP contribution in [0.5, 0.6) is 0 Å².